The number of hydrogen-bond acceptors (Lipinski definition) is 4. The van der Waals surface area contributed by atoms with Gasteiger partial charge in [-0.1, -0.05) is 0 Å². The average molecular weight is 896 g/mol. The van der Waals surface area contributed by atoms with E-state index >= 15 is 0 Å². The normalized spacial score (nSPS) is 11.5. The summed E-state index contributed by atoms with van der Waals surface area (Å²) in [6, 6.07) is 42.5. The van der Waals surface area contributed by atoms with E-state index in [0.29, 0.717) is 0 Å². The summed E-state index contributed by atoms with van der Waals surface area (Å²) in [5, 5.41) is 0. The van der Waals surface area contributed by atoms with Crippen LogP contribution in [0.15, 0.2) is 114 Å². The number of benzene rings is 3. The van der Waals surface area contributed by atoms with Crippen molar-refractivity contribution in [1.29, 1.82) is 0 Å². The van der Waals surface area contributed by atoms with Crippen LogP contribution >= 0.6 is 11.8 Å². The van der Waals surface area contributed by atoms with Gasteiger partial charge in [0.05, 0.1) is 0 Å². The van der Waals surface area contributed by atoms with Crippen molar-refractivity contribution in [1.82, 2.24) is 14.5 Å². The van der Waals surface area contributed by atoms with Gasteiger partial charge in [-0.2, -0.15) is 77.6 Å². The second-order valence-corrected chi connectivity index (χ2v) is 9.22. The molecule has 1 aliphatic rings. The molecule has 40 heavy (non-hydrogen) atoms. The van der Waals surface area contributed by atoms with Gasteiger partial charge in [0.25, 0.3) is 0 Å². The molecule has 0 amide bonds. The van der Waals surface area contributed by atoms with Crippen LogP contribution < -0.4 is 4.90 Å². The molecule has 6 rings (SSSR count). The van der Waals surface area contributed by atoms with Crippen LogP contribution in [0.1, 0.15) is 0 Å². The van der Waals surface area contributed by atoms with E-state index in [4.69, 9.17) is 6.42 Å². The zero-order valence-corrected chi connectivity index (χ0v) is 26.6. The second-order valence-electron chi connectivity index (χ2n) is 8.14. The van der Waals surface area contributed by atoms with E-state index in [1.165, 1.54) is 0 Å². The van der Waals surface area contributed by atoms with Crippen molar-refractivity contribution in [2.24, 2.45) is 0 Å². The minimum atomic E-state index is 0. The maximum absolute atomic E-state index is 6.57. The molecule has 7 heteroatoms. The first-order valence-corrected chi connectivity index (χ1v) is 12.6. The summed E-state index contributed by atoms with van der Waals surface area (Å²) >= 11 is 1.61. The van der Waals surface area contributed by atoms with E-state index in [2.05, 4.69) is 47.4 Å². The van der Waals surface area contributed by atoms with Gasteiger partial charge in [0, 0.05) is 33.5 Å². The number of rotatable bonds is 5. The molecule has 1 aliphatic heterocycles. The van der Waals surface area contributed by atoms with Gasteiger partial charge in [-0.25, -0.2) is 29.3 Å². The van der Waals surface area contributed by atoms with Crippen LogP contribution in [0.3, 0.4) is 0 Å². The Bertz CT molecular complexity index is 1560. The topological polar surface area (TPSA) is 24.3 Å². The van der Waals surface area contributed by atoms with Gasteiger partial charge in [0.15, 0.2) is 0 Å². The molecule has 0 spiro atoms. The number of anilines is 1. The first-order valence-electron chi connectivity index (χ1n) is 11.8. The monoisotopic (exact) mass is 895 g/mol. The van der Waals surface area contributed by atoms with E-state index in [-0.39, 0.29) is 42.1 Å². The van der Waals surface area contributed by atoms with Gasteiger partial charge in [-0.3, -0.25) is 6.07 Å². The van der Waals surface area contributed by atoms with E-state index in [9.17, 15) is 0 Å². The number of nitrogens with zero attached hydrogens (tertiary/aromatic N) is 4. The third-order valence-electron chi connectivity index (χ3n) is 5.40. The summed E-state index contributed by atoms with van der Waals surface area (Å²) in [6.45, 7) is 2.01. The Hall–Kier alpha value is -3.28. The zero-order valence-electron chi connectivity index (χ0n) is 21.2. The van der Waals surface area contributed by atoms with E-state index in [1.807, 2.05) is 103 Å². The maximum Gasteiger partial charge on any atom is 4.00 e. The minimum Gasteiger partial charge on any atom is -0.669 e. The molecule has 0 radical (unpaired) electrons. The van der Waals surface area contributed by atoms with Gasteiger partial charge >= 0.3 is 21.1 Å². The Morgan fingerprint density at radius 2 is 1.68 bits per heavy atom. The maximum atomic E-state index is 6.57. The van der Waals surface area contributed by atoms with Crippen LogP contribution in [0.25, 0.3) is 22.4 Å². The third-order valence-corrected chi connectivity index (χ3v) is 6.31. The molecule has 0 saturated heterocycles. The fourth-order valence-corrected chi connectivity index (χ4v) is 4.42. The Balaban J connectivity index is 0.000000431. The van der Waals surface area contributed by atoms with Gasteiger partial charge in [-0.15, -0.1) is 22.7 Å². The summed E-state index contributed by atoms with van der Waals surface area (Å²) in [5.41, 5.74) is 4.44. The Labute approximate surface area is 269 Å². The molecule has 0 atom stereocenters. The second kappa shape index (κ2) is 15.5. The molecule has 3 aromatic carbocycles. The minimum absolute atomic E-state index is 0. The van der Waals surface area contributed by atoms with Crippen LogP contribution in [0, 0.1) is 49.5 Å². The molecule has 3 heterocycles. The van der Waals surface area contributed by atoms with E-state index in [1.54, 1.807) is 34.9 Å². The van der Waals surface area contributed by atoms with Crippen molar-refractivity contribution < 1.29 is 42.1 Å². The first kappa shape index (κ1) is 31.2. The Kier molecular flexibility index (Phi) is 12.1. The van der Waals surface area contributed by atoms with Crippen molar-refractivity contribution in [3.8, 4) is 28.4 Å². The molecule has 4 nitrogen and oxygen atoms in total. The third kappa shape index (κ3) is 8.36. The molecule has 2 aromatic heterocycles. The van der Waals surface area contributed by atoms with E-state index in [0.717, 1.165) is 37.9 Å². The first-order chi connectivity index (χ1) is 18.7. The quantitative estimate of drug-likeness (QED) is 0.144. The largest absolute Gasteiger partial charge is 4.00 e. The summed E-state index contributed by atoms with van der Waals surface area (Å²) in [6.07, 6.45) is 15.9. The van der Waals surface area contributed by atoms with Crippen molar-refractivity contribution in [2.45, 2.75) is 9.79 Å². The number of aromatic nitrogens is 2. The van der Waals surface area contributed by atoms with Gasteiger partial charge in [0.1, 0.15) is 0 Å². The average Bonchev–Trinajstić information content (AvgIpc) is 3.66. The van der Waals surface area contributed by atoms with Gasteiger partial charge in [-0.05, 0) is 37.8 Å². The molecule has 0 unspecified atom stereocenters. The summed E-state index contributed by atoms with van der Waals surface area (Å²) in [7, 11) is 2.00. The molecule has 0 aliphatic carbocycles. The van der Waals surface area contributed by atoms with E-state index < -0.39 is 0 Å². The van der Waals surface area contributed by atoms with Crippen LogP contribution in [-0.4, -0.2) is 21.5 Å². The van der Waals surface area contributed by atoms with Crippen molar-refractivity contribution >= 4 is 17.4 Å². The van der Waals surface area contributed by atoms with Crippen LogP contribution in [0.5, 0.6) is 0 Å². The van der Waals surface area contributed by atoms with Gasteiger partial charge < -0.3 is 43.5 Å². The van der Waals surface area contributed by atoms with Crippen LogP contribution in [0.2, 0.25) is 0 Å². The number of hydrogen-bond donors (Lipinski definition) is 0. The SMILES string of the molecule is CN1C=CN(c2[c-]c(Sc3[c-]c(-c4[c-]c(-c5[c-]cccc5)ccn4)[c-]cc3)ccc2)[CH-]1.[C-]#Cn1cccc1.[Pt+4].[Pt]. The molecular formula is C33H21N4Pt2S-3. The predicted octanol–water partition coefficient (Wildman–Crippen LogP) is 6.79. The van der Waals surface area contributed by atoms with Crippen LogP contribution in [-0.2, 0) is 42.1 Å². The molecular weight excluding hydrogens is 875 g/mol. The zero-order chi connectivity index (χ0) is 26.2. The summed E-state index contributed by atoms with van der Waals surface area (Å²) in [5.74, 6) is 0. The fraction of sp³-hybridized carbons (Fsp3) is 0.0303. The number of pyridine rings is 1. The Morgan fingerprint density at radius 3 is 2.38 bits per heavy atom. The molecule has 0 fully saturated rings. The molecule has 0 saturated carbocycles. The van der Waals surface area contributed by atoms with Crippen LogP contribution in [0.4, 0.5) is 5.69 Å². The van der Waals surface area contributed by atoms with Gasteiger partial charge in [0.2, 0.25) is 0 Å². The summed E-state index contributed by atoms with van der Waals surface area (Å²) < 4.78 is 1.54. The molecule has 5 aromatic rings. The fourth-order valence-electron chi connectivity index (χ4n) is 3.59. The smallest absolute Gasteiger partial charge is 0.669 e. The molecule has 0 bridgehead atoms. The predicted molar refractivity (Wildman–Crippen MR) is 150 cm³/mol. The standard InChI is InChI=1S/C27H17N3S.C6H4N.2Pt/c1-29-15-16-30(20-29)24-10-6-12-26(19-24)31-25-11-5-9-23(17-25)27-18-22(13-14-28-27)21-7-3-2-4-8-21;1-2-7-5-3-4-6-7;;/h2-7,10-16,20H,1H3;3-6H;;/q-6;-1;;+4. The van der Waals surface area contributed by atoms with Crippen molar-refractivity contribution in [3.63, 3.8) is 0 Å². The molecule has 202 valence electrons. The Morgan fingerprint density at radius 1 is 0.850 bits per heavy atom. The molecule has 0 N–H and O–H groups in total. The van der Waals surface area contributed by atoms with Crippen molar-refractivity contribution in [3.05, 3.63) is 147 Å². The summed E-state index contributed by atoms with van der Waals surface area (Å²) in [4.78, 5) is 10.5. The van der Waals surface area contributed by atoms with Crippen molar-refractivity contribution in [2.75, 3.05) is 11.9 Å².